The first-order valence-corrected chi connectivity index (χ1v) is 10.2. The zero-order valence-corrected chi connectivity index (χ0v) is 15.6. The van der Waals surface area contributed by atoms with Gasteiger partial charge in [-0.3, -0.25) is 0 Å². The molecule has 130 valence electrons. The fraction of sp³-hybridized carbons (Fsp3) is 1.00. The average molecular weight is 318 g/mol. The van der Waals surface area contributed by atoms with Gasteiger partial charge < -0.3 is 9.31 Å². The van der Waals surface area contributed by atoms with E-state index in [0.29, 0.717) is 5.82 Å². The Bertz CT molecular complexity index is 431. The molecule has 3 saturated carbocycles. The van der Waals surface area contributed by atoms with Crippen molar-refractivity contribution >= 4 is 7.12 Å². The molecule has 4 aliphatic rings. The summed E-state index contributed by atoms with van der Waals surface area (Å²) in [7, 11) is 0.0356. The molecule has 0 aromatic heterocycles. The molecule has 0 spiro atoms. The van der Waals surface area contributed by atoms with Crippen molar-refractivity contribution in [3.8, 4) is 0 Å². The van der Waals surface area contributed by atoms with Crippen LogP contribution in [0, 0.1) is 23.7 Å². The maximum absolute atomic E-state index is 6.51. The van der Waals surface area contributed by atoms with Crippen LogP contribution in [-0.4, -0.2) is 18.3 Å². The van der Waals surface area contributed by atoms with Crippen LogP contribution in [0.15, 0.2) is 0 Å². The monoisotopic (exact) mass is 318 g/mol. The van der Waals surface area contributed by atoms with Gasteiger partial charge in [0.2, 0.25) is 0 Å². The van der Waals surface area contributed by atoms with E-state index in [9.17, 15) is 0 Å². The molecule has 0 amide bonds. The summed E-state index contributed by atoms with van der Waals surface area (Å²) in [5.74, 6) is 4.44. The normalized spacial score (nSPS) is 45.4. The van der Waals surface area contributed by atoms with E-state index in [4.69, 9.17) is 9.31 Å². The highest BCUT2D eigenvalue weighted by Crippen LogP contribution is 2.58. The molecule has 4 rings (SSSR count). The average Bonchev–Trinajstić information content (AvgIpc) is 2.74. The zero-order chi connectivity index (χ0) is 16.2. The molecule has 0 radical (unpaired) electrons. The van der Waals surface area contributed by atoms with Crippen LogP contribution in [-0.2, 0) is 9.31 Å². The number of fused-ring (bicyclic) bond motifs is 3. The van der Waals surface area contributed by atoms with Crippen LogP contribution >= 0.6 is 0 Å². The molecular weight excluding hydrogens is 283 g/mol. The Hall–Kier alpha value is -0.0151. The van der Waals surface area contributed by atoms with E-state index in [2.05, 4.69) is 27.7 Å². The quantitative estimate of drug-likeness (QED) is 0.597. The topological polar surface area (TPSA) is 18.5 Å². The largest absolute Gasteiger partial charge is 0.461 e. The molecule has 0 bridgehead atoms. The van der Waals surface area contributed by atoms with Crippen LogP contribution in [0.1, 0.15) is 85.5 Å². The SMILES string of the molecule is CC1(C)OB(C2CC3CCCCC3C3CCCCC23)OC1(C)C. The molecule has 2 nitrogen and oxygen atoms in total. The van der Waals surface area contributed by atoms with E-state index >= 15 is 0 Å². The third-order valence-electron chi connectivity index (χ3n) is 8.14. The van der Waals surface area contributed by atoms with E-state index in [1.807, 2.05) is 0 Å². The lowest BCUT2D eigenvalue weighted by Crippen LogP contribution is -2.46. The van der Waals surface area contributed by atoms with Gasteiger partial charge in [-0.25, -0.2) is 0 Å². The molecule has 23 heavy (non-hydrogen) atoms. The van der Waals surface area contributed by atoms with Crippen molar-refractivity contribution in [2.24, 2.45) is 23.7 Å². The van der Waals surface area contributed by atoms with Gasteiger partial charge in [0.05, 0.1) is 11.2 Å². The first-order chi connectivity index (χ1) is 10.9. The standard InChI is InChI=1S/C20H35BO2/c1-19(2)20(3,4)23-21(22-19)18-13-14-9-5-6-10-15(14)16-11-7-8-12-17(16)18/h14-18H,5-13H2,1-4H3. The third-order valence-corrected chi connectivity index (χ3v) is 8.14. The highest BCUT2D eigenvalue weighted by Gasteiger charge is 2.58. The summed E-state index contributed by atoms with van der Waals surface area (Å²) in [6.07, 6.45) is 13.0. The minimum Gasteiger partial charge on any atom is -0.403 e. The molecule has 1 heterocycles. The summed E-state index contributed by atoms with van der Waals surface area (Å²) in [4.78, 5) is 0. The Labute approximate surface area is 143 Å². The van der Waals surface area contributed by atoms with Gasteiger partial charge in [0, 0.05) is 0 Å². The van der Waals surface area contributed by atoms with Crippen molar-refractivity contribution in [2.75, 3.05) is 0 Å². The molecule has 3 aliphatic carbocycles. The Morgan fingerprint density at radius 2 is 1.22 bits per heavy atom. The third kappa shape index (κ3) is 2.70. The van der Waals surface area contributed by atoms with Crippen LogP contribution in [0.3, 0.4) is 0 Å². The van der Waals surface area contributed by atoms with Gasteiger partial charge in [0.1, 0.15) is 0 Å². The highest BCUT2D eigenvalue weighted by molar-refractivity contribution is 6.47. The summed E-state index contributed by atoms with van der Waals surface area (Å²) < 4.78 is 13.0. The van der Waals surface area contributed by atoms with Gasteiger partial charge in [-0.05, 0) is 76.4 Å². The summed E-state index contributed by atoms with van der Waals surface area (Å²) in [6.45, 7) is 8.82. The molecule has 0 N–H and O–H groups in total. The molecule has 1 aliphatic heterocycles. The lowest BCUT2D eigenvalue weighted by Gasteiger charge is -2.52. The molecule has 5 unspecified atom stereocenters. The Kier molecular flexibility index (Phi) is 4.12. The second kappa shape index (κ2) is 5.76. The van der Waals surface area contributed by atoms with Crippen LogP contribution in [0.25, 0.3) is 0 Å². The summed E-state index contributed by atoms with van der Waals surface area (Å²) >= 11 is 0. The van der Waals surface area contributed by atoms with E-state index < -0.39 is 0 Å². The Morgan fingerprint density at radius 1 is 0.696 bits per heavy atom. The van der Waals surface area contributed by atoms with Crippen molar-refractivity contribution in [3.63, 3.8) is 0 Å². The molecular formula is C20H35BO2. The lowest BCUT2D eigenvalue weighted by molar-refractivity contribution is 0.00578. The van der Waals surface area contributed by atoms with Crippen molar-refractivity contribution in [1.29, 1.82) is 0 Å². The van der Waals surface area contributed by atoms with Gasteiger partial charge in [0.15, 0.2) is 0 Å². The molecule has 0 aromatic carbocycles. The maximum Gasteiger partial charge on any atom is 0.461 e. The van der Waals surface area contributed by atoms with E-state index in [0.717, 1.165) is 23.7 Å². The number of hydrogen-bond acceptors (Lipinski definition) is 2. The lowest BCUT2D eigenvalue weighted by atomic mass is 9.47. The first kappa shape index (κ1) is 16.5. The summed E-state index contributed by atoms with van der Waals surface area (Å²) in [6, 6.07) is 0. The molecule has 3 heteroatoms. The van der Waals surface area contributed by atoms with Crippen LogP contribution in [0.2, 0.25) is 5.82 Å². The summed E-state index contributed by atoms with van der Waals surface area (Å²) in [5, 5.41) is 0. The smallest absolute Gasteiger partial charge is 0.403 e. The maximum atomic E-state index is 6.51. The minimum absolute atomic E-state index is 0.0356. The fourth-order valence-electron chi connectivity index (χ4n) is 6.24. The fourth-order valence-corrected chi connectivity index (χ4v) is 6.24. The van der Waals surface area contributed by atoms with Gasteiger partial charge in [0.25, 0.3) is 0 Å². The van der Waals surface area contributed by atoms with Gasteiger partial charge >= 0.3 is 7.12 Å². The van der Waals surface area contributed by atoms with Crippen molar-refractivity contribution < 1.29 is 9.31 Å². The molecule has 0 aromatic rings. The van der Waals surface area contributed by atoms with E-state index in [1.54, 1.807) is 0 Å². The summed E-state index contributed by atoms with van der Waals surface area (Å²) in [5.41, 5.74) is -0.351. The molecule has 1 saturated heterocycles. The molecule has 4 fully saturated rings. The molecule has 5 atom stereocenters. The van der Waals surface area contributed by atoms with Gasteiger partial charge in [-0.2, -0.15) is 0 Å². The van der Waals surface area contributed by atoms with Gasteiger partial charge in [-0.1, -0.05) is 38.5 Å². The van der Waals surface area contributed by atoms with Crippen molar-refractivity contribution in [2.45, 2.75) is 103 Å². The van der Waals surface area contributed by atoms with Crippen LogP contribution < -0.4 is 0 Å². The minimum atomic E-state index is -0.175. The van der Waals surface area contributed by atoms with Crippen LogP contribution in [0.4, 0.5) is 0 Å². The van der Waals surface area contributed by atoms with E-state index in [1.165, 1.54) is 57.8 Å². The van der Waals surface area contributed by atoms with Crippen molar-refractivity contribution in [3.05, 3.63) is 0 Å². The van der Waals surface area contributed by atoms with Gasteiger partial charge in [-0.15, -0.1) is 0 Å². The van der Waals surface area contributed by atoms with E-state index in [-0.39, 0.29) is 18.3 Å². The zero-order valence-electron chi connectivity index (χ0n) is 15.6. The Morgan fingerprint density at radius 3 is 1.87 bits per heavy atom. The number of rotatable bonds is 1. The predicted octanol–water partition coefficient (Wildman–Crippen LogP) is 5.47. The van der Waals surface area contributed by atoms with Crippen LogP contribution in [0.5, 0.6) is 0 Å². The second-order valence-corrected chi connectivity index (χ2v) is 9.84. The predicted molar refractivity (Wildman–Crippen MR) is 95.3 cm³/mol. The number of hydrogen-bond donors (Lipinski definition) is 0. The first-order valence-electron chi connectivity index (χ1n) is 10.2. The highest BCUT2D eigenvalue weighted by atomic mass is 16.7. The Balaban J connectivity index is 1.58. The van der Waals surface area contributed by atoms with Crippen molar-refractivity contribution in [1.82, 2.24) is 0 Å². The second-order valence-electron chi connectivity index (χ2n) is 9.84.